The van der Waals surface area contributed by atoms with Gasteiger partial charge in [-0.05, 0) is 62.1 Å². The summed E-state index contributed by atoms with van der Waals surface area (Å²) in [6, 6.07) is 6.30. The molecule has 0 aliphatic carbocycles. The molecule has 2 aromatic heterocycles. The van der Waals surface area contributed by atoms with Crippen LogP contribution in [-0.4, -0.2) is 55.7 Å². The van der Waals surface area contributed by atoms with Crippen molar-refractivity contribution in [3.05, 3.63) is 52.9 Å². The highest BCUT2D eigenvalue weighted by atomic mass is 32.1. The van der Waals surface area contributed by atoms with E-state index in [-0.39, 0.29) is 12.4 Å². The van der Waals surface area contributed by atoms with Gasteiger partial charge in [0.2, 0.25) is 5.95 Å². The van der Waals surface area contributed by atoms with E-state index in [0.717, 1.165) is 41.2 Å². The van der Waals surface area contributed by atoms with Gasteiger partial charge in [-0.15, -0.1) is 11.3 Å². The molecule has 3 N–H and O–H groups in total. The third-order valence-electron chi connectivity index (χ3n) is 6.02. The number of likely N-dealkylation sites (tertiary alicyclic amines) is 1. The largest absolute Gasteiger partial charge is 0.481 e. The van der Waals surface area contributed by atoms with Crippen molar-refractivity contribution >= 4 is 28.9 Å². The number of nitrogens with one attached hydrogen (secondary N) is 1. The molecule has 192 valence electrons. The van der Waals surface area contributed by atoms with E-state index in [4.69, 9.17) is 5.11 Å². The molecule has 4 rings (SSSR count). The van der Waals surface area contributed by atoms with Crippen LogP contribution in [0, 0.1) is 6.92 Å². The summed E-state index contributed by atoms with van der Waals surface area (Å²) in [5, 5.41) is 23.7. The van der Waals surface area contributed by atoms with Gasteiger partial charge < -0.3 is 20.4 Å². The Balaban J connectivity index is 1.51. The lowest BCUT2D eigenvalue weighted by atomic mass is 9.96. The zero-order valence-corrected chi connectivity index (χ0v) is 20.4. The number of aromatic nitrogens is 3. The number of nitrogens with zero attached hydrogens (tertiary/aromatic N) is 4. The maximum atomic E-state index is 13.0. The molecule has 1 unspecified atom stereocenters. The Bertz CT molecular complexity index is 1240. The van der Waals surface area contributed by atoms with Crippen LogP contribution in [0.25, 0.3) is 10.4 Å². The van der Waals surface area contributed by atoms with E-state index in [9.17, 15) is 23.1 Å². The Morgan fingerprint density at radius 2 is 2.03 bits per heavy atom. The fourth-order valence-corrected chi connectivity index (χ4v) is 5.24. The average molecular weight is 522 g/mol. The second-order valence-corrected chi connectivity index (χ2v) is 9.91. The Morgan fingerprint density at radius 1 is 1.22 bits per heavy atom. The molecule has 36 heavy (non-hydrogen) atoms. The van der Waals surface area contributed by atoms with Gasteiger partial charge in [-0.3, -0.25) is 4.79 Å². The van der Waals surface area contributed by atoms with Gasteiger partial charge in [-0.1, -0.05) is 6.07 Å². The minimum absolute atomic E-state index is 0.0646. The summed E-state index contributed by atoms with van der Waals surface area (Å²) in [6.45, 7) is 3.61. The summed E-state index contributed by atoms with van der Waals surface area (Å²) in [6.07, 6.45) is -0.0631. The monoisotopic (exact) mass is 521 g/mol. The molecular formula is C24H26F3N5O3S. The summed E-state index contributed by atoms with van der Waals surface area (Å²) in [4.78, 5) is 25.7. The van der Waals surface area contributed by atoms with Crippen LogP contribution in [0.1, 0.15) is 41.9 Å². The van der Waals surface area contributed by atoms with E-state index in [2.05, 4.69) is 25.2 Å². The van der Waals surface area contributed by atoms with Crippen molar-refractivity contribution in [1.29, 1.82) is 0 Å². The number of hydrogen-bond acceptors (Lipinski definition) is 8. The highest BCUT2D eigenvalue weighted by molar-refractivity contribution is 7.15. The third-order valence-corrected chi connectivity index (χ3v) is 7.26. The molecule has 1 atom stereocenters. The Labute approximate surface area is 209 Å². The van der Waals surface area contributed by atoms with Crippen LogP contribution in [0.2, 0.25) is 0 Å². The topological polar surface area (TPSA) is 111 Å². The van der Waals surface area contributed by atoms with E-state index in [0.29, 0.717) is 36.6 Å². The molecule has 1 aliphatic heterocycles. The summed E-state index contributed by atoms with van der Waals surface area (Å²) in [7, 11) is 0. The van der Waals surface area contributed by atoms with Crippen molar-refractivity contribution in [2.45, 2.75) is 44.4 Å². The number of alkyl halides is 3. The first-order valence-corrected chi connectivity index (χ1v) is 12.3. The van der Waals surface area contributed by atoms with Crippen LogP contribution >= 0.6 is 11.3 Å². The second-order valence-electron chi connectivity index (χ2n) is 8.88. The number of benzene rings is 1. The molecule has 3 aromatic rings. The Hall–Kier alpha value is -3.09. The maximum Gasteiger partial charge on any atom is 0.433 e. The van der Waals surface area contributed by atoms with E-state index < -0.39 is 23.4 Å². The minimum Gasteiger partial charge on any atom is -0.481 e. The fourth-order valence-electron chi connectivity index (χ4n) is 4.19. The number of aryl methyl sites for hydroxylation is 1. The second kappa shape index (κ2) is 10.5. The maximum absolute atomic E-state index is 13.0. The van der Waals surface area contributed by atoms with Gasteiger partial charge in [0.15, 0.2) is 0 Å². The fraction of sp³-hybridized carbons (Fsp3) is 0.417. The van der Waals surface area contributed by atoms with E-state index in [1.54, 1.807) is 18.3 Å². The summed E-state index contributed by atoms with van der Waals surface area (Å²) in [5.41, 5.74) is 0.0740. The van der Waals surface area contributed by atoms with Crippen LogP contribution < -0.4 is 5.32 Å². The highest BCUT2D eigenvalue weighted by Crippen LogP contribution is 2.39. The van der Waals surface area contributed by atoms with Crippen LogP contribution in [0.4, 0.5) is 24.8 Å². The number of hydrogen-bond donors (Lipinski definition) is 3. The first-order valence-electron chi connectivity index (χ1n) is 11.4. The lowest BCUT2D eigenvalue weighted by Crippen LogP contribution is -2.30. The van der Waals surface area contributed by atoms with Crippen molar-refractivity contribution in [2.24, 2.45) is 0 Å². The van der Waals surface area contributed by atoms with Gasteiger partial charge in [0.1, 0.15) is 16.3 Å². The Morgan fingerprint density at radius 3 is 2.78 bits per heavy atom. The quantitative estimate of drug-likeness (QED) is 0.406. The molecule has 0 radical (unpaired) electrons. The van der Waals surface area contributed by atoms with E-state index >= 15 is 0 Å². The predicted molar refractivity (Wildman–Crippen MR) is 129 cm³/mol. The van der Waals surface area contributed by atoms with Crippen molar-refractivity contribution in [2.75, 3.05) is 25.0 Å². The number of aliphatic hydroxyl groups is 1. The van der Waals surface area contributed by atoms with Crippen LogP contribution in [0.15, 0.2) is 36.7 Å². The lowest BCUT2D eigenvalue weighted by molar-refractivity contribution is -0.141. The molecule has 8 nitrogen and oxygen atoms in total. The first-order chi connectivity index (χ1) is 17.0. The molecule has 0 bridgehead atoms. The molecule has 1 aromatic carbocycles. The zero-order chi connectivity index (χ0) is 25.9. The van der Waals surface area contributed by atoms with Crippen LogP contribution in [0.3, 0.4) is 0 Å². The van der Waals surface area contributed by atoms with Gasteiger partial charge in [-0.2, -0.15) is 13.2 Å². The number of aliphatic carboxylic acids is 1. The molecule has 3 heterocycles. The van der Waals surface area contributed by atoms with Gasteiger partial charge >= 0.3 is 12.1 Å². The Kier molecular flexibility index (Phi) is 7.57. The number of rotatable bonds is 7. The number of carboxylic acid groups (broad SMARTS) is 1. The summed E-state index contributed by atoms with van der Waals surface area (Å²) < 4.78 is 39.0. The number of carbonyl (C=O) groups is 1. The van der Waals surface area contributed by atoms with Crippen molar-refractivity contribution in [3.8, 4) is 10.4 Å². The summed E-state index contributed by atoms with van der Waals surface area (Å²) in [5.74, 6) is -1.00. The number of anilines is 2. The zero-order valence-electron chi connectivity index (χ0n) is 19.5. The van der Waals surface area contributed by atoms with Gasteiger partial charge in [0.05, 0.1) is 11.3 Å². The number of thiazole rings is 1. The molecular weight excluding hydrogens is 495 g/mol. The first kappa shape index (κ1) is 26.0. The minimum atomic E-state index is -4.57. The number of carboxylic acids is 1. The van der Waals surface area contributed by atoms with Crippen molar-refractivity contribution in [1.82, 2.24) is 19.9 Å². The molecule has 12 heteroatoms. The normalized spacial score (nSPS) is 19.1. The van der Waals surface area contributed by atoms with E-state index in [1.165, 1.54) is 11.3 Å². The van der Waals surface area contributed by atoms with Gasteiger partial charge in [0, 0.05) is 31.2 Å². The molecule has 1 fully saturated rings. The molecule has 0 saturated carbocycles. The molecule has 0 spiro atoms. The molecule has 1 aliphatic rings. The van der Waals surface area contributed by atoms with Crippen LogP contribution in [-0.2, 0) is 16.6 Å². The predicted octanol–water partition coefficient (Wildman–Crippen LogP) is 4.82. The lowest BCUT2D eigenvalue weighted by Gasteiger charge is -2.24. The van der Waals surface area contributed by atoms with E-state index in [1.807, 2.05) is 13.0 Å². The molecule has 1 saturated heterocycles. The van der Waals surface area contributed by atoms with Gasteiger partial charge in [-0.25, -0.2) is 15.0 Å². The van der Waals surface area contributed by atoms with Crippen molar-refractivity contribution in [3.63, 3.8) is 0 Å². The summed E-state index contributed by atoms with van der Waals surface area (Å²) >= 11 is 1.37. The van der Waals surface area contributed by atoms with Crippen molar-refractivity contribution < 1.29 is 28.2 Å². The van der Waals surface area contributed by atoms with Crippen LogP contribution in [0.5, 0.6) is 0 Å². The third kappa shape index (κ3) is 6.37. The molecule has 0 amide bonds. The average Bonchev–Trinajstić information content (AvgIpc) is 3.23. The standard InChI is InChI=1S/C24H26F3N5O3S/c1-15-11-16(13-17(12-15)30-22-28-7-3-19(31-22)24(25,26)27)18-14-29-21(36-18)23(35)5-2-8-32(10-6-23)9-4-20(33)34/h3,7,11-14,35H,2,4-6,8-10H2,1H3,(H,33,34)(H,28,30,31). The van der Waals surface area contributed by atoms with Gasteiger partial charge in [0.25, 0.3) is 0 Å². The smallest absolute Gasteiger partial charge is 0.433 e. The highest BCUT2D eigenvalue weighted by Gasteiger charge is 2.35. The SMILES string of the molecule is Cc1cc(Nc2nccc(C(F)(F)F)n2)cc(-c2cnc(C3(O)CCCN(CCC(=O)O)CC3)s2)c1. The number of halogens is 3.